The first kappa shape index (κ1) is 15.4. The van der Waals surface area contributed by atoms with Crippen LogP contribution in [0.25, 0.3) is 21.9 Å². The van der Waals surface area contributed by atoms with Crippen LogP contribution in [0.5, 0.6) is 0 Å². The molecule has 0 saturated carbocycles. The fraction of sp³-hybridized carbons (Fsp3) is 0.182. The summed E-state index contributed by atoms with van der Waals surface area (Å²) in [6, 6.07) is 12.8. The first-order chi connectivity index (χ1) is 11.1. The molecule has 116 valence electrons. The quantitative estimate of drug-likeness (QED) is 0.500. The van der Waals surface area contributed by atoms with Crippen LogP contribution in [0.2, 0.25) is 0 Å². The van der Waals surface area contributed by atoms with Crippen molar-refractivity contribution in [2.45, 2.75) is 27.2 Å². The van der Waals surface area contributed by atoms with Crippen molar-refractivity contribution >= 4 is 21.9 Å². The second-order valence-electron chi connectivity index (χ2n) is 6.24. The molecule has 3 aromatic rings. The van der Waals surface area contributed by atoms with Crippen molar-refractivity contribution in [3.8, 4) is 0 Å². The van der Waals surface area contributed by atoms with E-state index in [1.165, 1.54) is 33.0 Å². The lowest BCUT2D eigenvalue weighted by Crippen LogP contribution is -1.86. The Bertz CT molecular complexity index is 935. The minimum absolute atomic E-state index is 0.940. The van der Waals surface area contributed by atoms with Crippen LogP contribution in [0.1, 0.15) is 25.0 Å². The Kier molecular flexibility index (Phi) is 4.20. The third kappa shape index (κ3) is 3.29. The highest BCUT2D eigenvalue weighted by molar-refractivity contribution is 6.05. The Morgan fingerprint density at radius 3 is 2.43 bits per heavy atom. The zero-order chi connectivity index (χ0) is 16.4. The van der Waals surface area contributed by atoms with Gasteiger partial charge in [-0.25, -0.2) is 0 Å². The summed E-state index contributed by atoms with van der Waals surface area (Å²) in [6.07, 6.45) is 7.08. The smallest absolute Gasteiger partial charge is 0.135 e. The SMILES string of the molecule is C=C/C(C)=C\C=C(\C)Cc1ccc2oc3ccc(C)cc3c2c1. The highest BCUT2D eigenvalue weighted by Crippen LogP contribution is 2.30. The zero-order valence-electron chi connectivity index (χ0n) is 14.0. The summed E-state index contributed by atoms with van der Waals surface area (Å²) in [5, 5.41) is 2.40. The molecule has 0 aliphatic heterocycles. The van der Waals surface area contributed by atoms with E-state index in [9.17, 15) is 0 Å². The van der Waals surface area contributed by atoms with E-state index in [0.29, 0.717) is 0 Å². The number of rotatable bonds is 4. The molecule has 0 bridgehead atoms. The van der Waals surface area contributed by atoms with Crippen molar-refractivity contribution in [1.29, 1.82) is 0 Å². The van der Waals surface area contributed by atoms with Crippen molar-refractivity contribution in [2.24, 2.45) is 0 Å². The van der Waals surface area contributed by atoms with Gasteiger partial charge in [-0.3, -0.25) is 0 Å². The van der Waals surface area contributed by atoms with E-state index in [0.717, 1.165) is 17.6 Å². The third-order valence-electron chi connectivity index (χ3n) is 4.12. The average molecular weight is 302 g/mol. The Hall–Kier alpha value is -2.54. The molecule has 0 amide bonds. The Balaban J connectivity index is 1.98. The summed E-state index contributed by atoms with van der Waals surface area (Å²) in [4.78, 5) is 0. The maximum atomic E-state index is 5.93. The van der Waals surface area contributed by atoms with Gasteiger partial charge in [-0.1, -0.05) is 53.6 Å². The molecule has 0 fully saturated rings. The van der Waals surface area contributed by atoms with Crippen LogP contribution in [0.4, 0.5) is 0 Å². The highest BCUT2D eigenvalue weighted by atomic mass is 16.3. The molecule has 23 heavy (non-hydrogen) atoms. The summed E-state index contributed by atoms with van der Waals surface area (Å²) >= 11 is 0. The summed E-state index contributed by atoms with van der Waals surface area (Å²) in [5.74, 6) is 0. The molecular formula is C22H22O. The summed E-state index contributed by atoms with van der Waals surface area (Å²) < 4.78 is 5.93. The zero-order valence-corrected chi connectivity index (χ0v) is 14.0. The predicted octanol–water partition coefficient (Wildman–Crippen LogP) is 6.52. The van der Waals surface area contributed by atoms with E-state index >= 15 is 0 Å². The molecule has 1 heteroatoms. The van der Waals surface area contributed by atoms with Gasteiger partial charge >= 0.3 is 0 Å². The Morgan fingerprint density at radius 2 is 1.70 bits per heavy atom. The monoisotopic (exact) mass is 302 g/mol. The normalized spacial score (nSPS) is 13.0. The van der Waals surface area contributed by atoms with Gasteiger partial charge in [0, 0.05) is 10.8 Å². The van der Waals surface area contributed by atoms with Gasteiger partial charge in [0.2, 0.25) is 0 Å². The summed E-state index contributed by atoms with van der Waals surface area (Å²) in [7, 11) is 0. The summed E-state index contributed by atoms with van der Waals surface area (Å²) in [6.45, 7) is 10.1. The van der Waals surface area contributed by atoms with Crippen LogP contribution < -0.4 is 0 Å². The van der Waals surface area contributed by atoms with Crippen LogP contribution in [0.3, 0.4) is 0 Å². The van der Waals surface area contributed by atoms with E-state index < -0.39 is 0 Å². The molecule has 0 radical (unpaired) electrons. The number of aryl methyl sites for hydroxylation is 1. The number of allylic oxidation sites excluding steroid dienone is 5. The number of furan rings is 1. The van der Waals surface area contributed by atoms with Gasteiger partial charge in [0.25, 0.3) is 0 Å². The van der Waals surface area contributed by atoms with Gasteiger partial charge in [-0.15, -0.1) is 0 Å². The van der Waals surface area contributed by atoms with E-state index in [4.69, 9.17) is 4.42 Å². The molecule has 0 aliphatic carbocycles. The van der Waals surface area contributed by atoms with Gasteiger partial charge in [-0.05, 0) is 57.0 Å². The average Bonchev–Trinajstić information content (AvgIpc) is 2.90. The lowest BCUT2D eigenvalue weighted by molar-refractivity contribution is 0.668. The van der Waals surface area contributed by atoms with E-state index in [1.807, 2.05) is 6.08 Å². The lowest BCUT2D eigenvalue weighted by Gasteiger charge is -2.02. The predicted molar refractivity (Wildman–Crippen MR) is 99.9 cm³/mol. The van der Waals surface area contributed by atoms with Gasteiger partial charge in [0.1, 0.15) is 11.2 Å². The topological polar surface area (TPSA) is 13.1 Å². The van der Waals surface area contributed by atoms with Crippen molar-refractivity contribution in [2.75, 3.05) is 0 Å². The van der Waals surface area contributed by atoms with Gasteiger partial charge in [0.05, 0.1) is 0 Å². The lowest BCUT2D eigenvalue weighted by atomic mass is 10.0. The van der Waals surface area contributed by atoms with E-state index in [-0.39, 0.29) is 0 Å². The van der Waals surface area contributed by atoms with E-state index in [2.05, 4.69) is 75.9 Å². The first-order valence-corrected chi connectivity index (χ1v) is 7.95. The fourth-order valence-corrected chi connectivity index (χ4v) is 2.77. The minimum Gasteiger partial charge on any atom is -0.456 e. The molecule has 1 aromatic heterocycles. The van der Waals surface area contributed by atoms with Crippen LogP contribution in [-0.4, -0.2) is 0 Å². The molecule has 0 spiro atoms. The molecule has 1 nitrogen and oxygen atoms in total. The number of fused-ring (bicyclic) bond motifs is 3. The Labute approximate surface area is 137 Å². The van der Waals surface area contributed by atoms with Crippen LogP contribution in [0, 0.1) is 6.92 Å². The minimum atomic E-state index is 0.940. The molecule has 0 saturated heterocycles. The summed E-state index contributed by atoms with van der Waals surface area (Å²) in [5.41, 5.74) is 6.98. The molecule has 0 unspecified atom stereocenters. The van der Waals surface area contributed by atoms with Gasteiger partial charge < -0.3 is 4.42 Å². The third-order valence-corrected chi connectivity index (χ3v) is 4.12. The maximum Gasteiger partial charge on any atom is 0.135 e. The van der Waals surface area contributed by atoms with Crippen molar-refractivity contribution in [1.82, 2.24) is 0 Å². The molecule has 1 heterocycles. The molecule has 0 aliphatic rings. The second-order valence-corrected chi connectivity index (χ2v) is 6.24. The number of benzene rings is 2. The van der Waals surface area contributed by atoms with Gasteiger partial charge in [0.15, 0.2) is 0 Å². The maximum absolute atomic E-state index is 5.93. The fourth-order valence-electron chi connectivity index (χ4n) is 2.77. The van der Waals surface area contributed by atoms with E-state index in [1.54, 1.807) is 0 Å². The largest absolute Gasteiger partial charge is 0.456 e. The van der Waals surface area contributed by atoms with Crippen molar-refractivity contribution < 1.29 is 4.42 Å². The first-order valence-electron chi connectivity index (χ1n) is 7.95. The number of hydrogen-bond donors (Lipinski definition) is 0. The standard InChI is InChI=1S/C22H22O/c1-5-15(2)6-7-16(3)12-18-9-11-22-20(14-18)19-13-17(4)8-10-21(19)23-22/h5-11,13-14H,1,12H2,2-4H3/b15-6-,16-7-. The molecule has 3 rings (SSSR count). The van der Waals surface area contributed by atoms with Crippen LogP contribution in [-0.2, 0) is 6.42 Å². The van der Waals surface area contributed by atoms with Crippen LogP contribution in [0.15, 0.2) is 76.8 Å². The second kappa shape index (κ2) is 6.29. The van der Waals surface area contributed by atoms with Crippen molar-refractivity contribution in [3.05, 3.63) is 83.5 Å². The molecule has 0 N–H and O–H groups in total. The van der Waals surface area contributed by atoms with Gasteiger partial charge in [-0.2, -0.15) is 0 Å². The molecule has 2 aromatic carbocycles. The molecule has 0 atom stereocenters. The number of hydrogen-bond acceptors (Lipinski definition) is 1. The Morgan fingerprint density at radius 1 is 1.00 bits per heavy atom. The van der Waals surface area contributed by atoms with Crippen LogP contribution >= 0.6 is 0 Å². The van der Waals surface area contributed by atoms with Crippen molar-refractivity contribution in [3.63, 3.8) is 0 Å². The highest BCUT2D eigenvalue weighted by Gasteiger charge is 2.07. The molecular weight excluding hydrogens is 280 g/mol.